The van der Waals surface area contributed by atoms with E-state index in [-0.39, 0.29) is 77.2 Å². The average Bonchev–Trinajstić information content (AvgIpc) is 1.56. The van der Waals surface area contributed by atoms with Gasteiger partial charge in [-0.3, -0.25) is 32.9 Å². The van der Waals surface area contributed by atoms with E-state index in [0.717, 1.165) is 6.07 Å². The van der Waals surface area contributed by atoms with Gasteiger partial charge < -0.3 is 57.5 Å². The lowest BCUT2D eigenvalue weighted by molar-refractivity contribution is -0.157. The molecule has 3 aromatic carbocycles. The fraction of sp³-hybridized carbons (Fsp3) is 0.473. The Morgan fingerprint density at radius 2 is 1.42 bits per heavy atom. The highest BCUT2D eigenvalue weighted by atomic mass is 35.5. The molecule has 0 radical (unpaired) electrons. The van der Waals surface area contributed by atoms with Crippen LogP contribution in [-0.4, -0.2) is 153 Å². The standard InChI is InChI=1S/C55H63Cl2F3N10O18P2/c1-30(2)84-48(73)31(3)67-89(76,87-35-16-12-33(56)13-17-35)82-25-38-42(71)52(4,75)49(85-38)70-29-64-41-45(70)65-66-47(41)79-22-23-81-53(5)43(72)39(86-50(53)69-28-63-40-44(69)61-27-62-46(40)78-6)26-83-90(77,88-36-18-14-34(57)15-19-36)68-54(20-9-21-54)51(74)80-24-32-10-7-8-11-37(32)55(58,59)60/h7-8,10-19,27-31,38-39,42-43,49-50,71-72,75H,9,20-26H2,1-6H3,(H,65,66)(H,67,76)(H,68,77)/t31?,38?,39?,42-,43-,49?,50?,52-,53-,89?,90?/m1/s1. The van der Waals surface area contributed by atoms with E-state index < -0.39 is 125 Å². The Hall–Kier alpha value is -6.54. The molecule has 10 rings (SSSR count). The zero-order chi connectivity index (χ0) is 64.6. The predicted octanol–water partition coefficient (Wildman–Crippen LogP) is 7.95. The maximum atomic E-state index is 15.1. The highest BCUT2D eigenvalue weighted by Gasteiger charge is 2.58. The van der Waals surface area contributed by atoms with E-state index in [1.165, 1.54) is 123 Å². The van der Waals surface area contributed by atoms with Gasteiger partial charge in [0, 0.05) is 15.6 Å². The number of rotatable bonds is 27. The molecule has 2 saturated heterocycles. The van der Waals surface area contributed by atoms with Crippen molar-refractivity contribution in [3.63, 3.8) is 0 Å². The highest BCUT2D eigenvalue weighted by molar-refractivity contribution is 7.52. The van der Waals surface area contributed by atoms with Crippen molar-refractivity contribution in [2.24, 2.45) is 0 Å². The third-order valence-corrected chi connectivity index (χ3v) is 18.9. The summed E-state index contributed by atoms with van der Waals surface area (Å²) in [4.78, 5) is 44.0. The molecule has 28 nitrogen and oxygen atoms in total. The number of H-pyrrole nitrogens is 1. The molecule has 0 bridgehead atoms. The Bertz CT molecular complexity index is 3790. The Labute approximate surface area is 521 Å². The van der Waals surface area contributed by atoms with E-state index in [1.54, 1.807) is 13.8 Å². The van der Waals surface area contributed by atoms with Crippen molar-refractivity contribution in [1.29, 1.82) is 0 Å². The lowest BCUT2D eigenvalue weighted by Crippen LogP contribution is -2.57. The Morgan fingerprint density at radius 1 is 0.811 bits per heavy atom. The number of carbonyl (C=O) groups excluding carboxylic acids is 2. The molecule has 6 N–H and O–H groups in total. The molecule has 1 aliphatic carbocycles. The van der Waals surface area contributed by atoms with Crippen molar-refractivity contribution in [3.8, 4) is 23.3 Å². The Balaban J connectivity index is 0.837. The maximum Gasteiger partial charge on any atom is 0.459 e. The summed E-state index contributed by atoms with van der Waals surface area (Å²) >= 11 is 12.2. The monoisotopic (exact) mass is 1340 g/mol. The number of halogens is 5. The van der Waals surface area contributed by atoms with Crippen LogP contribution in [0.25, 0.3) is 22.3 Å². The number of aliphatic hydroxyl groups is 3. The first kappa shape index (κ1) is 66.4. The number of fused-ring (bicyclic) bond motifs is 2. The number of alkyl halides is 3. The zero-order valence-electron chi connectivity index (χ0n) is 48.8. The Morgan fingerprint density at radius 3 is 2.06 bits per heavy atom. The summed E-state index contributed by atoms with van der Waals surface area (Å²) in [5.74, 6) is -1.67. The number of ether oxygens (including phenoxy) is 7. The number of nitrogens with zero attached hydrogens (tertiary/aromatic N) is 7. The van der Waals surface area contributed by atoms with Gasteiger partial charge in [0.25, 0.3) is 5.88 Å². The van der Waals surface area contributed by atoms with Crippen molar-refractivity contribution < 1.29 is 98.5 Å². The quantitative estimate of drug-likeness (QED) is 0.0161. The SMILES string of the molecule is COc1ncnc2c1ncn2C1OC(COP(=O)(NC2(C(=O)OCc3ccccc3C(F)(F)F)CCC2)Oc2ccc(Cl)cc2)[C@@H](O)[C@@]1(C)OCCOc1n[nH]c2c1ncn2C1OC(COP(=O)(NC(C)C(=O)OC(C)C)Oc2ccc(Cl)cc2)[C@@H](O)[C@@]1(C)O. The third-order valence-electron chi connectivity index (χ3n) is 15.1. The lowest BCUT2D eigenvalue weighted by atomic mass is 9.78. The van der Waals surface area contributed by atoms with Gasteiger partial charge in [0.15, 0.2) is 34.8 Å². The summed E-state index contributed by atoms with van der Waals surface area (Å²) < 4.78 is 139. The molecule has 6 heterocycles. The molecule has 7 aromatic rings. The van der Waals surface area contributed by atoms with Gasteiger partial charge >= 0.3 is 33.6 Å². The van der Waals surface area contributed by atoms with Crippen LogP contribution in [0.5, 0.6) is 23.3 Å². The van der Waals surface area contributed by atoms with Gasteiger partial charge in [-0.1, -0.05) is 41.4 Å². The number of aliphatic hydroxyl groups excluding tert-OH is 2. The molecule has 7 unspecified atom stereocenters. The van der Waals surface area contributed by atoms with Crippen LogP contribution in [0.15, 0.2) is 91.8 Å². The van der Waals surface area contributed by atoms with Gasteiger partial charge in [-0.25, -0.2) is 24.1 Å². The van der Waals surface area contributed by atoms with Crippen molar-refractivity contribution in [2.75, 3.05) is 33.5 Å². The number of hydrogen-bond acceptors (Lipinski definition) is 23. The number of aromatic amines is 1. The van der Waals surface area contributed by atoms with Gasteiger partial charge in [0.05, 0.1) is 51.3 Å². The van der Waals surface area contributed by atoms with Crippen LogP contribution in [0.4, 0.5) is 13.2 Å². The van der Waals surface area contributed by atoms with E-state index in [1.807, 2.05) is 0 Å². The summed E-state index contributed by atoms with van der Waals surface area (Å²) in [5.41, 5.74) is -6.16. The number of methoxy groups -OCH3 is 1. The molecular weight excluding hydrogens is 1280 g/mol. The Kier molecular flexibility index (Phi) is 19.6. The van der Waals surface area contributed by atoms with E-state index in [4.69, 9.17) is 74.5 Å². The van der Waals surface area contributed by atoms with Crippen molar-refractivity contribution in [2.45, 2.75) is 132 Å². The number of nitrogens with one attached hydrogen (secondary N) is 3. The van der Waals surface area contributed by atoms with Crippen molar-refractivity contribution in [3.05, 3.63) is 113 Å². The van der Waals surface area contributed by atoms with E-state index in [9.17, 15) is 42.6 Å². The summed E-state index contributed by atoms with van der Waals surface area (Å²) in [7, 11) is -7.87. The van der Waals surface area contributed by atoms with E-state index in [0.29, 0.717) is 16.5 Å². The van der Waals surface area contributed by atoms with Crippen LogP contribution in [-0.2, 0) is 64.2 Å². The average molecular weight is 1340 g/mol. The molecule has 3 aliphatic rings. The summed E-state index contributed by atoms with van der Waals surface area (Å²) in [6.45, 7) is 4.86. The molecule has 3 fully saturated rings. The van der Waals surface area contributed by atoms with Crippen LogP contribution in [0.2, 0.25) is 10.0 Å². The van der Waals surface area contributed by atoms with Crippen LogP contribution >= 0.6 is 38.7 Å². The van der Waals surface area contributed by atoms with E-state index >= 15 is 4.57 Å². The minimum Gasteiger partial charge on any atom is -0.479 e. The first-order chi connectivity index (χ1) is 42.6. The van der Waals surface area contributed by atoms with Crippen LogP contribution in [0.3, 0.4) is 0 Å². The first-order valence-corrected chi connectivity index (χ1v) is 31.8. The molecule has 11 atom stereocenters. The smallest absolute Gasteiger partial charge is 0.459 e. The summed E-state index contributed by atoms with van der Waals surface area (Å²) in [6.07, 6.45) is -9.61. The number of benzene rings is 3. The fourth-order valence-corrected chi connectivity index (χ4v) is 13.8. The largest absolute Gasteiger partial charge is 0.479 e. The molecule has 4 aromatic heterocycles. The molecule has 486 valence electrons. The first-order valence-electron chi connectivity index (χ1n) is 27.9. The molecule has 35 heteroatoms. The van der Waals surface area contributed by atoms with Crippen molar-refractivity contribution >= 4 is 73.0 Å². The second-order valence-corrected chi connectivity index (χ2v) is 26.2. The zero-order valence-corrected chi connectivity index (χ0v) is 52.1. The van der Waals surface area contributed by atoms with E-state index in [2.05, 4.69) is 40.3 Å². The van der Waals surface area contributed by atoms with Crippen LogP contribution < -0.4 is 28.7 Å². The van der Waals surface area contributed by atoms with Gasteiger partial charge in [-0.2, -0.15) is 28.3 Å². The lowest BCUT2D eigenvalue weighted by Gasteiger charge is -2.41. The van der Waals surface area contributed by atoms with Crippen molar-refractivity contribution in [1.82, 2.24) is 49.4 Å². The number of hydrogen-bond donors (Lipinski definition) is 6. The molecular formula is C55H63Cl2F3N10O18P2. The maximum absolute atomic E-state index is 15.1. The highest BCUT2D eigenvalue weighted by Crippen LogP contribution is 2.53. The minimum absolute atomic E-state index is 0.0252. The second kappa shape index (κ2) is 26.6. The van der Waals surface area contributed by atoms with Crippen LogP contribution in [0.1, 0.15) is 77.5 Å². The molecule has 2 aliphatic heterocycles. The summed E-state index contributed by atoms with van der Waals surface area (Å²) in [6, 6.07) is 14.9. The number of imidazole rings is 2. The van der Waals surface area contributed by atoms with Gasteiger partial charge in [-0.05, 0) is 108 Å². The minimum atomic E-state index is -4.78. The number of carbonyl (C=O) groups is 2. The predicted molar refractivity (Wildman–Crippen MR) is 310 cm³/mol. The van der Waals surface area contributed by atoms with Gasteiger partial charge in [0.2, 0.25) is 5.88 Å². The topological polar surface area (TPSA) is 345 Å². The number of esters is 2. The van der Waals surface area contributed by atoms with Crippen LogP contribution in [0, 0.1) is 0 Å². The fourth-order valence-electron chi connectivity index (χ4n) is 10.3. The second-order valence-electron chi connectivity index (χ2n) is 21.9. The number of aromatic nitrogens is 8. The van der Waals surface area contributed by atoms with Gasteiger partial charge in [-0.15, -0.1) is 5.10 Å². The van der Waals surface area contributed by atoms with Gasteiger partial charge in [0.1, 0.15) is 78.2 Å². The molecule has 1 saturated carbocycles. The molecule has 90 heavy (non-hydrogen) atoms. The third kappa shape index (κ3) is 14.1. The molecule has 0 spiro atoms. The summed E-state index contributed by atoms with van der Waals surface area (Å²) in [5, 5.41) is 48.5. The molecule has 0 amide bonds. The normalized spacial score (nSPS) is 24.9.